The van der Waals surface area contributed by atoms with Crippen molar-refractivity contribution in [2.45, 2.75) is 4.90 Å². The molecule has 0 atom stereocenters. The van der Waals surface area contributed by atoms with Gasteiger partial charge in [0.15, 0.2) is 0 Å². The average Bonchev–Trinajstić information content (AvgIpc) is 2.37. The fourth-order valence-electron chi connectivity index (χ4n) is 1.50. The summed E-state index contributed by atoms with van der Waals surface area (Å²) in [7, 11) is -3.99. The molecule has 110 valence electrons. The van der Waals surface area contributed by atoms with E-state index in [9.17, 15) is 18.5 Å². The van der Waals surface area contributed by atoms with Crippen LogP contribution < -0.4 is 4.72 Å². The fourth-order valence-corrected chi connectivity index (χ4v) is 3.26. The number of aromatic nitrogens is 1. The van der Waals surface area contributed by atoms with Gasteiger partial charge in [-0.15, -0.1) is 0 Å². The Hall–Kier alpha value is -1.90. The topological polar surface area (TPSA) is 102 Å². The molecule has 0 aliphatic rings. The van der Waals surface area contributed by atoms with Crippen LogP contribution in [0.1, 0.15) is 0 Å². The summed E-state index contributed by atoms with van der Waals surface area (Å²) >= 11 is 11.5. The summed E-state index contributed by atoms with van der Waals surface area (Å²) in [6.45, 7) is 0. The SMILES string of the molecule is O=[N+]([O-])c1ccc(S(=O)(=O)Nc2ccnc(Cl)c2)c(Cl)c1. The molecule has 0 radical (unpaired) electrons. The highest BCUT2D eigenvalue weighted by atomic mass is 35.5. The van der Waals surface area contributed by atoms with E-state index >= 15 is 0 Å². The predicted molar refractivity (Wildman–Crippen MR) is 78.2 cm³/mol. The summed E-state index contributed by atoms with van der Waals surface area (Å²) in [5.74, 6) is 0. The highest BCUT2D eigenvalue weighted by Crippen LogP contribution is 2.27. The first-order valence-corrected chi connectivity index (χ1v) is 7.62. The first-order valence-electron chi connectivity index (χ1n) is 5.38. The molecule has 1 heterocycles. The van der Waals surface area contributed by atoms with Gasteiger partial charge in [-0.3, -0.25) is 14.8 Å². The Morgan fingerprint density at radius 2 is 1.90 bits per heavy atom. The van der Waals surface area contributed by atoms with E-state index in [4.69, 9.17) is 23.2 Å². The molecule has 0 aliphatic heterocycles. The number of hydrogen-bond donors (Lipinski definition) is 1. The first kappa shape index (κ1) is 15.5. The number of nitro groups is 1. The maximum Gasteiger partial charge on any atom is 0.271 e. The predicted octanol–water partition coefficient (Wildman–Crippen LogP) is 3.10. The minimum atomic E-state index is -3.99. The number of nitrogens with one attached hydrogen (secondary N) is 1. The summed E-state index contributed by atoms with van der Waals surface area (Å²) in [5, 5.41) is 10.5. The minimum absolute atomic E-state index is 0.116. The Labute approximate surface area is 129 Å². The van der Waals surface area contributed by atoms with Crippen molar-refractivity contribution in [3.05, 3.63) is 56.8 Å². The molecule has 10 heteroatoms. The smallest absolute Gasteiger partial charge is 0.271 e. The van der Waals surface area contributed by atoms with Gasteiger partial charge in [-0.05, 0) is 18.2 Å². The lowest BCUT2D eigenvalue weighted by molar-refractivity contribution is -0.384. The number of nitro benzene ring substituents is 1. The van der Waals surface area contributed by atoms with Gasteiger partial charge in [0.25, 0.3) is 15.7 Å². The quantitative estimate of drug-likeness (QED) is 0.520. The van der Waals surface area contributed by atoms with Gasteiger partial charge in [0.1, 0.15) is 10.0 Å². The van der Waals surface area contributed by atoms with Crippen molar-refractivity contribution in [1.82, 2.24) is 4.98 Å². The van der Waals surface area contributed by atoms with Crippen LogP contribution in [0.3, 0.4) is 0 Å². The van der Waals surface area contributed by atoms with E-state index in [0.29, 0.717) is 0 Å². The third kappa shape index (κ3) is 3.60. The van der Waals surface area contributed by atoms with Crippen LogP contribution in [0.2, 0.25) is 10.2 Å². The van der Waals surface area contributed by atoms with Crippen LogP contribution in [0, 0.1) is 10.1 Å². The van der Waals surface area contributed by atoms with Crippen molar-refractivity contribution in [2.24, 2.45) is 0 Å². The van der Waals surface area contributed by atoms with Crippen LogP contribution in [0.15, 0.2) is 41.4 Å². The number of halogens is 2. The second-order valence-corrected chi connectivity index (χ2v) is 6.29. The summed E-state index contributed by atoms with van der Waals surface area (Å²) < 4.78 is 26.6. The van der Waals surface area contributed by atoms with Crippen LogP contribution in [0.4, 0.5) is 11.4 Å². The highest BCUT2D eigenvalue weighted by Gasteiger charge is 2.20. The van der Waals surface area contributed by atoms with Gasteiger partial charge in [0, 0.05) is 18.3 Å². The fraction of sp³-hybridized carbons (Fsp3) is 0. The number of pyridine rings is 1. The van der Waals surface area contributed by atoms with E-state index in [1.54, 1.807) is 0 Å². The van der Waals surface area contributed by atoms with Gasteiger partial charge in [-0.1, -0.05) is 23.2 Å². The molecular weight excluding hydrogens is 341 g/mol. The molecule has 1 aromatic carbocycles. The third-order valence-corrected chi connectivity index (χ3v) is 4.47. The number of rotatable bonds is 4. The molecular formula is C11H7Cl2N3O4S. The minimum Gasteiger partial charge on any atom is -0.279 e. The van der Waals surface area contributed by atoms with E-state index in [1.807, 2.05) is 0 Å². The molecule has 7 nitrogen and oxygen atoms in total. The first-order chi connectivity index (χ1) is 9.79. The van der Waals surface area contributed by atoms with Gasteiger partial charge in [-0.25, -0.2) is 13.4 Å². The lowest BCUT2D eigenvalue weighted by Crippen LogP contribution is -2.13. The molecule has 0 bridgehead atoms. The number of nitrogens with zero attached hydrogens (tertiary/aromatic N) is 2. The number of non-ortho nitro benzene ring substituents is 1. The number of benzene rings is 1. The molecule has 2 rings (SSSR count). The monoisotopic (exact) mass is 347 g/mol. The molecule has 0 amide bonds. The zero-order valence-corrected chi connectivity index (χ0v) is 12.5. The Morgan fingerprint density at radius 1 is 1.19 bits per heavy atom. The van der Waals surface area contributed by atoms with Crippen molar-refractivity contribution >= 4 is 44.6 Å². The number of sulfonamides is 1. The van der Waals surface area contributed by atoms with Crippen molar-refractivity contribution < 1.29 is 13.3 Å². The van der Waals surface area contributed by atoms with Crippen molar-refractivity contribution in [2.75, 3.05) is 4.72 Å². The van der Waals surface area contributed by atoms with Gasteiger partial charge < -0.3 is 0 Å². The molecule has 0 unspecified atom stereocenters. The maximum atomic E-state index is 12.2. The van der Waals surface area contributed by atoms with E-state index in [-0.39, 0.29) is 26.4 Å². The van der Waals surface area contributed by atoms with Crippen LogP contribution in [-0.4, -0.2) is 18.3 Å². The van der Waals surface area contributed by atoms with Crippen LogP contribution in [0.5, 0.6) is 0 Å². The largest absolute Gasteiger partial charge is 0.279 e. The molecule has 0 aliphatic carbocycles. The van der Waals surface area contributed by atoms with E-state index < -0.39 is 14.9 Å². The Balaban J connectivity index is 2.38. The normalized spacial score (nSPS) is 11.1. The second kappa shape index (κ2) is 5.84. The van der Waals surface area contributed by atoms with Crippen molar-refractivity contribution in [1.29, 1.82) is 0 Å². The zero-order valence-electron chi connectivity index (χ0n) is 10.2. The maximum absolute atomic E-state index is 12.2. The van der Waals surface area contributed by atoms with Crippen molar-refractivity contribution in [3.63, 3.8) is 0 Å². The molecule has 0 saturated carbocycles. The van der Waals surface area contributed by atoms with Gasteiger partial charge in [-0.2, -0.15) is 0 Å². The summed E-state index contributed by atoms with van der Waals surface area (Å²) in [5.41, 5.74) is -0.102. The Morgan fingerprint density at radius 3 is 2.48 bits per heavy atom. The average molecular weight is 348 g/mol. The molecule has 0 fully saturated rings. The molecule has 0 spiro atoms. The third-order valence-electron chi connectivity index (χ3n) is 2.39. The number of hydrogen-bond acceptors (Lipinski definition) is 5. The lowest BCUT2D eigenvalue weighted by Gasteiger charge is -2.09. The molecule has 2 aromatic rings. The van der Waals surface area contributed by atoms with Crippen molar-refractivity contribution in [3.8, 4) is 0 Å². The molecule has 0 saturated heterocycles. The van der Waals surface area contributed by atoms with Crippen LogP contribution in [-0.2, 0) is 10.0 Å². The molecule has 1 aromatic heterocycles. The highest BCUT2D eigenvalue weighted by molar-refractivity contribution is 7.92. The van der Waals surface area contributed by atoms with Gasteiger partial charge >= 0.3 is 0 Å². The number of anilines is 1. The van der Waals surface area contributed by atoms with E-state index in [1.165, 1.54) is 18.3 Å². The van der Waals surface area contributed by atoms with E-state index in [0.717, 1.165) is 18.2 Å². The summed E-state index contributed by atoms with van der Waals surface area (Å²) in [4.78, 5) is 13.4. The van der Waals surface area contributed by atoms with Crippen LogP contribution in [0.25, 0.3) is 0 Å². The summed E-state index contributed by atoms with van der Waals surface area (Å²) in [6.07, 6.45) is 1.33. The second-order valence-electron chi connectivity index (χ2n) is 3.84. The Bertz CT molecular complexity index is 811. The zero-order chi connectivity index (χ0) is 15.6. The van der Waals surface area contributed by atoms with Crippen LogP contribution >= 0.6 is 23.2 Å². The molecule has 1 N–H and O–H groups in total. The lowest BCUT2D eigenvalue weighted by atomic mass is 10.3. The summed E-state index contributed by atoms with van der Waals surface area (Å²) in [6, 6.07) is 5.81. The van der Waals surface area contributed by atoms with Gasteiger partial charge in [0.2, 0.25) is 0 Å². The van der Waals surface area contributed by atoms with E-state index in [2.05, 4.69) is 9.71 Å². The Kier molecular flexibility index (Phi) is 4.31. The molecule has 21 heavy (non-hydrogen) atoms. The van der Waals surface area contributed by atoms with Gasteiger partial charge in [0.05, 0.1) is 15.6 Å². The standard InChI is InChI=1S/C11H7Cl2N3O4S/c12-9-6-8(16(17)18)1-2-10(9)21(19,20)15-7-3-4-14-11(13)5-7/h1-6H,(H,14,15).